The number of rotatable bonds is 6. The number of para-hydroxylation sites is 1. The molecule has 10 heteroatoms. The molecule has 2 rings (SSSR count). The maximum atomic E-state index is 12.4. The number of hydrogen-bond acceptors (Lipinski definition) is 4. The van der Waals surface area contributed by atoms with Gasteiger partial charge in [-0.3, -0.25) is 4.79 Å². The quantitative estimate of drug-likeness (QED) is 0.797. The van der Waals surface area contributed by atoms with Gasteiger partial charge in [-0.2, -0.15) is 0 Å². The molecule has 0 aliphatic rings. The van der Waals surface area contributed by atoms with Crippen LogP contribution in [0.5, 0.6) is 5.75 Å². The number of hydrogen-bond donors (Lipinski definition) is 1. The Morgan fingerprint density at radius 1 is 1.08 bits per heavy atom. The number of ether oxygens (including phenoxy) is 1. The fourth-order valence-corrected chi connectivity index (χ4v) is 3.31. The predicted molar refractivity (Wildman–Crippen MR) is 88.5 cm³/mol. The van der Waals surface area contributed by atoms with Gasteiger partial charge in [0.2, 0.25) is 5.91 Å². The van der Waals surface area contributed by atoms with Crippen LogP contribution in [0.4, 0.5) is 13.2 Å². The Morgan fingerprint density at radius 3 is 2.31 bits per heavy atom. The van der Waals surface area contributed by atoms with Crippen LogP contribution in [0.2, 0.25) is 5.02 Å². The highest BCUT2D eigenvalue weighted by Crippen LogP contribution is 2.26. The summed E-state index contributed by atoms with van der Waals surface area (Å²) in [6, 6.07) is 10.5. The van der Waals surface area contributed by atoms with E-state index in [1.807, 2.05) is 0 Å². The molecule has 0 saturated heterocycles. The lowest BCUT2D eigenvalue weighted by Gasteiger charge is -2.13. The fourth-order valence-electron chi connectivity index (χ4n) is 2.02. The molecule has 0 heterocycles. The molecule has 0 unspecified atom stereocenters. The molecule has 0 aliphatic carbocycles. The molecular weight excluding hydrogens is 395 g/mol. The van der Waals surface area contributed by atoms with Crippen molar-refractivity contribution in [1.82, 2.24) is 5.32 Å². The van der Waals surface area contributed by atoms with Crippen LogP contribution < -0.4 is 10.1 Å². The van der Waals surface area contributed by atoms with Crippen LogP contribution in [-0.2, 0) is 21.2 Å². The third-order valence-corrected chi connectivity index (χ3v) is 5.05. The highest BCUT2D eigenvalue weighted by molar-refractivity contribution is 7.92. The summed E-state index contributed by atoms with van der Waals surface area (Å²) in [4.78, 5) is 11.8. The molecule has 1 amide bonds. The molecule has 0 saturated carbocycles. The van der Waals surface area contributed by atoms with E-state index in [0.29, 0.717) is 5.02 Å². The minimum Gasteiger partial charge on any atom is -0.405 e. The summed E-state index contributed by atoms with van der Waals surface area (Å²) in [7, 11) is -3.90. The number of amides is 1. The molecular formula is C16H13ClF3NO4S. The van der Waals surface area contributed by atoms with Crippen LogP contribution in [0.1, 0.15) is 5.56 Å². The van der Waals surface area contributed by atoms with Crippen molar-refractivity contribution >= 4 is 27.3 Å². The number of alkyl halides is 3. The first-order valence-corrected chi connectivity index (χ1v) is 9.18. The first kappa shape index (κ1) is 20.1. The minimum absolute atomic E-state index is 0.0575. The molecule has 5 nitrogen and oxygen atoms in total. The van der Waals surface area contributed by atoms with Crippen LogP contribution in [-0.4, -0.2) is 26.4 Å². The van der Waals surface area contributed by atoms with E-state index in [2.05, 4.69) is 10.1 Å². The summed E-state index contributed by atoms with van der Waals surface area (Å²) in [5.74, 6) is -2.18. The van der Waals surface area contributed by atoms with Gasteiger partial charge in [0.1, 0.15) is 11.5 Å². The van der Waals surface area contributed by atoms with Gasteiger partial charge in [0.05, 0.1) is 4.90 Å². The van der Waals surface area contributed by atoms with Crippen LogP contribution in [0.15, 0.2) is 53.4 Å². The van der Waals surface area contributed by atoms with Crippen LogP contribution in [0.3, 0.4) is 0 Å². The molecule has 0 spiro atoms. The highest BCUT2D eigenvalue weighted by Gasteiger charge is 2.32. The van der Waals surface area contributed by atoms with E-state index < -0.39 is 33.6 Å². The van der Waals surface area contributed by atoms with Gasteiger partial charge in [0, 0.05) is 17.1 Å². The first-order valence-electron chi connectivity index (χ1n) is 7.15. The van der Waals surface area contributed by atoms with Gasteiger partial charge in [0.15, 0.2) is 9.84 Å². The van der Waals surface area contributed by atoms with Crippen molar-refractivity contribution in [3.63, 3.8) is 0 Å². The molecule has 0 atom stereocenters. The standard InChI is InChI=1S/C16H13ClF3NO4S/c17-12-5-7-13(8-6-12)26(23,24)10-15(22)21-9-11-3-1-2-4-14(11)25-16(18,19)20/h1-8H,9-10H2,(H,21,22). The zero-order chi connectivity index (χ0) is 19.4. The molecule has 0 fully saturated rings. The average Bonchev–Trinajstić information content (AvgIpc) is 2.52. The van der Waals surface area contributed by atoms with Crippen molar-refractivity contribution in [2.45, 2.75) is 17.8 Å². The number of sulfone groups is 1. The monoisotopic (exact) mass is 407 g/mol. The highest BCUT2D eigenvalue weighted by atomic mass is 35.5. The molecule has 26 heavy (non-hydrogen) atoms. The topological polar surface area (TPSA) is 72.5 Å². The number of halogens is 4. The van der Waals surface area contributed by atoms with E-state index in [1.165, 1.54) is 42.5 Å². The van der Waals surface area contributed by atoms with Crippen LogP contribution in [0, 0.1) is 0 Å². The van der Waals surface area contributed by atoms with E-state index in [0.717, 1.165) is 6.07 Å². The smallest absolute Gasteiger partial charge is 0.405 e. The lowest BCUT2D eigenvalue weighted by molar-refractivity contribution is -0.274. The Labute approximate surface area is 152 Å². The summed E-state index contributed by atoms with van der Waals surface area (Å²) in [6.07, 6.45) is -4.88. The Morgan fingerprint density at radius 2 is 1.69 bits per heavy atom. The van der Waals surface area contributed by atoms with Gasteiger partial charge in [-0.25, -0.2) is 8.42 Å². The summed E-state index contributed by atoms with van der Waals surface area (Å²) in [5, 5.41) is 2.61. The molecule has 1 N–H and O–H groups in total. The van der Waals surface area contributed by atoms with Gasteiger partial charge in [-0.05, 0) is 30.3 Å². The zero-order valence-electron chi connectivity index (χ0n) is 13.1. The minimum atomic E-state index is -4.88. The SMILES string of the molecule is O=C(CS(=O)(=O)c1ccc(Cl)cc1)NCc1ccccc1OC(F)(F)F. The fraction of sp³-hybridized carbons (Fsp3) is 0.188. The molecule has 0 radical (unpaired) electrons. The third-order valence-electron chi connectivity index (χ3n) is 3.17. The Bertz CT molecular complexity index is 883. The molecule has 0 aromatic heterocycles. The summed E-state index contributed by atoms with van der Waals surface area (Å²) < 4.78 is 65.2. The van der Waals surface area contributed by atoms with Gasteiger partial charge >= 0.3 is 6.36 Å². The largest absolute Gasteiger partial charge is 0.573 e. The van der Waals surface area contributed by atoms with Crippen molar-refractivity contribution in [3.8, 4) is 5.75 Å². The van der Waals surface area contributed by atoms with E-state index in [4.69, 9.17) is 11.6 Å². The number of nitrogens with one attached hydrogen (secondary N) is 1. The van der Waals surface area contributed by atoms with Gasteiger partial charge in [0.25, 0.3) is 0 Å². The second kappa shape index (κ2) is 7.96. The maximum Gasteiger partial charge on any atom is 0.573 e. The molecule has 140 valence electrons. The van der Waals surface area contributed by atoms with E-state index >= 15 is 0 Å². The van der Waals surface area contributed by atoms with Crippen LogP contribution in [0.25, 0.3) is 0 Å². The molecule has 0 bridgehead atoms. The van der Waals surface area contributed by atoms with Crippen molar-refractivity contribution in [2.75, 3.05) is 5.75 Å². The van der Waals surface area contributed by atoms with Gasteiger partial charge < -0.3 is 10.1 Å². The molecule has 0 aliphatic heterocycles. The molecule has 2 aromatic rings. The number of carbonyl (C=O) groups is 1. The van der Waals surface area contributed by atoms with E-state index in [9.17, 15) is 26.4 Å². The van der Waals surface area contributed by atoms with Crippen LogP contribution >= 0.6 is 11.6 Å². The second-order valence-corrected chi connectivity index (χ2v) is 7.57. The average molecular weight is 408 g/mol. The summed E-state index contributed by atoms with van der Waals surface area (Å²) >= 11 is 5.68. The zero-order valence-corrected chi connectivity index (χ0v) is 14.7. The van der Waals surface area contributed by atoms with E-state index in [1.54, 1.807) is 0 Å². The normalized spacial score (nSPS) is 11.8. The Balaban J connectivity index is 2.02. The Hall–Kier alpha value is -2.26. The van der Waals surface area contributed by atoms with E-state index in [-0.39, 0.29) is 17.0 Å². The van der Waals surface area contributed by atoms with Crippen molar-refractivity contribution in [1.29, 1.82) is 0 Å². The number of carbonyl (C=O) groups excluding carboxylic acids is 1. The predicted octanol–water partition coefficient (Wildman–Crippen LogP) is 3.33. The van der Waals surface area contributed by atoms with Gasteiger partial charge in [-0.1, -0.05) is 29.8 Å². The van der Waals surface area contributed by atoms with Gasteiger partial charge in [-0.15, -0.1) is 13.2 Å². The summed E-state index contributed by atoms with van der Waals surface area (Å²) in [6.45, 7) is -0.318. The Kier molecular flexibility index (Phi) is 6.14. The van der Waals surface area contributed by atoms with Crippen molar-refractivity contribution in [2.24, 2.45) is 0 Å². The first-order chi connectivity index (χ1) is 12.1. The maximum absolute atomic E-state index is 12.4. The lowest BCUT2D eigenvalue weighted by atomic mass is 10.2. The van der Waals surface area contributed by atoms with Crippen molar-refractivity contribution in [3.05, 3.63) is 59.1 Å². The number of benzene rings is 2. The third kappa shape index (κ3) is 5.92. The van der Waals surface area contributed by atoms with Crippen molar-refractivity contribution < 1.29 is 31.1 Å². The summed E-state index contributed by atoms with van der Waals surface area (Å²) in [5.41, 5.74) is 0.0575. The molecule has 2 aromatic carbocycles. The second-order valence-electron chi connectivity index (χ2n) is 5.15. The lowest BCUT2D eigenvalue weighted by Crippen LogP contribution is -2.30.